The van der Waals surface area contributed by atoms with Crippen LogP contribution in [-0.4, -0.2) is 51.6 Å². The molecule has 0 radical (unpaired) electrons. The Kier molecular flexibility index (Phi) is 6.62. The number of likely N-dealkylation sites (N-methyl/N-ethyl adjacent to an activating group) is 2. The van der Waals surface area contributed by atoms with Gasteiger partial charge in [0.15, 0.2) is 0 Å². The first-order chi connectivity index (χ1) is 9.06. The lowest BCUT2D eigenvalue weighted by molar-refractivity contribution is -0.117. The Labute approximate surface area is 118 Å². The fraction of sp³-hybridized carbons (Fsp3) is 0.462. The molecule has 0 saturated carbocycles. The van der Waals surface area contributed by atoms with E-state index in [1.807, 2.05) is 19.0 Å². The number of hydrogen-bond donors (Lipinski definition) is 2. The molecule has 0 aliphatic heterocycles. The molecule has 19 heavy (non-hydrogen) atoms. The van der Waals surface area contributed by atoms with Gasteiger partial charge in [0, 0.05) is 18.8 Å². The molecule has 1 aromatic carbocycles. The van der Waals surface area contributed by atoms with E-state index in [4.69, 9.17) is 16.3 Å². The highest BCUT2D eigenvalue weighted by Gasteiger charge is 2.08. The van der Waals surface area contributed by atoms with Crippen molar-refractivity contribution in [2.24, 2.45) is 0 Å². The Hall–Kier alpha value is -1.30. The molecule has 1 aromatic rings. The van der Waals surface area contributed by atoms with E-state index in [0.717, 1.165) is 13.1 Å². The molecule has 0 aromatic heterocycles. The average molecular weight is 286 g/mol. The number of amides is 1. The Balaban J connectivity index is 2.50. The molecule has 0 bridgehead atoms. The van der Waals surface area contributed by atoms with Crippen LogP contribution in [0.3, 0.4) is 0 Å². The maximum absolute atomic E-state index is 11.8. The summed E-state index contributed by atoms with van der Waals surface area (Å²) in [5, 5.41) is 6.31. The maximum atomic E-state index is 11.8. The predicted octanol–water partition coefficient (Wildman–Crippen LogP) is 1.44. The lowest BCUT2D eigenvalue weighted by Crippen LogP contribution is -2.34. The summed E-state index contributed by atoms with van der Waals surface area (Å²) in [5.74, 6) is 0.519. The van der Waals surface area contributed by atoms with Gasteiger partial charge in [0.25, 0.3) is 0 Å². The fourth-order valence-corrected chi connectivity index (χ4v) is 1.83. The van der Waals surface area contributed by atoms with E-state index in [-0.39, 0.29) is 5.91 Å². The molecule has 0 aliphatic carbocycles. The van der Waals surface area contributed by atoms with E-state index >= 15 is 0 Å². The molecule has 0 fully saturated rings. The van der Waals surface area contributed by atoms with E-state index in [0.29, 0.717) is 23.0 Å². The van der Waals surface area contributed by atoms with Gasteiger partial charge in [-0.1, -0.05) is 11.6 Å². The molecule has 106 valence electrons. The van der Waals surface area contributed by atoms with Crippen molar-refractivity contribution >= 4 is 23.2 Å². The summed E-state index contributed by atoms with van der Waals surface area (Å²) in [6.07, 6.45) is 0. The third-order valence-electron chi connectivity index (χ3n) is 2.59. The van der Waals surface area contributed by atoms with Crippen molar-refractivity contribution < 1.29 is 9.53 Å². The Bertz CT molecular complexity index is 426. The quantitative estimate of drug-likeness (QED) is 0.796. The zero-order valence-corrected chi connectivity index (χ0v) is 12.3. The van der Waals surface area contributed by atoms with Crippen LogP contribution in [-0.2, 0) is 4.79 Å². The fourth-order valence-electron chi connectivity index (χ4n) is 1.57. The zero-order valence-electron chi connectivity index (χ0n) is 11.5. The molecule has 5 nitrogen and oxygen atoms in total. The number of nitrogens with zero attached hydrogens (tertiary/aromatic N) is 1. The topological polar surface area (TPSA) is 53.6 Å². The van der Waals surface area contributed by atoms with E-state index in [1.165, 1.54) is 0 Å². The largest absolute Gasteiger partial charge is 0.495 e. The van der Waals surface area contributed by atoms with E-state index in [9.17, 15) is 4.79 Å². The number of rotatable bonds is 7. The normalized spacial score (nSPS) is 10.6. The van der Waals surface area contributed by atoms with Crippen molar-refractivity contribution in [1.29, 1.82) is 0 Å². The number of methoxy groups -OCH3 is 1. The highest BCUT2D eigenvalue weighted by Crippen LogP contribution is 2.27. The lowest BCUT2D eigenvalue weighted by Gasteiger charge is -2.16. The summed E-state index contributed by atoms with van der Waals surface area (Å²) in [4.78, 5) is 13.7. The molecule has 2 N–H and O–H groups in total. The summed E-state index contributed by atoms with van der Waals surface area (Å²) in [5.41, 5.74) is 0.665. The van der Waals surface area contributed by atoms with Gasteiger partial charge in [-0.25, -0.2) is 0 Å². The SMILES string of the molecule is CNCCN(C)CC(=O)Nc1ccc(OC)c(Cl)c1. The lowest BCUT2D eigenvalue weighted by atomic mass is 10.3. The van der Waals surface area contributed by atoms with Gasteiger partial charge in [0.1, 0.15) is 5.75 Å². The van der Waals surface area contributed by atoms with Crippen LogP contribution in [0.4, 0.5) is 5.69 Å². The van der Waals surface area contributed by atoms with Gasteiger partial charge in [-0.05, 0) is 32.3 Å². The highest BCUT2D eigenvalue weighted by atomic mass is 35.5. The minimum absolute atomic E-state index is 0.0696. The molecule has 1 amide bonds. The van der Waals surface area contributed by atoms with Crippen molar-refractivity contribution in [3.8, 4) is 5.75 Å². The Morgan fingerprint density at radius 3 is 2.79 bits per heavy atom. The van der Waals surface area contributed by atoms with Crippen molar-refractivity contribution in [3.05, 3.63) is 23.2 Å². The first-order valence-corrected chi connectivity index (χ1v) is 6.41. The molecular formula is C13H20ClN3O2. The maximum Gasteiger partial charge on any atom is 0.238 e. The van der Waals surface area contributed by atoms with Gasteiger partial charge in [-0.2, -0.15) is 0 Å². The van der Waals surface area contributed by atoms with Crippen molar-refractivity contribution in [2.45, 2.75) is 0 Å². The first kappa shape index (κ1) is 15.8. The van der Waals surface area contributed by atoms with Crippen molar-refractivity contribution in [1.82, 2.24) is 10.2 Å². The van der Waals surface area contributed by atoms with Crippen LogP contribution in [0.5, 0.6) is 5.75 Å². The van der Waals surface area contributed by atoms with Gasteiger partial charge in [0.05, 0.1) is 18.7 Å². The van der Waals surface area contributed by atoms with Crippen molar-refractivity contribution in [2.75, 3.05) is 46.2 Å². The van der Waals surface area contributed by atoms with Gasteiger partial charge in [0.2, 0.25) is 5.91 Å². The smallest absolute Gasteiger partial charge is 0.238 e. The molecule has 0 heterocycles. The predicted molar refractivity (Wildman–Crippen MR) is 78.1 cm³/mol. The standard InChI is InChI=1S/C13H20ClN3O2/c1-15-6-7-17(2)9-13(18)16-10-4-5-12(19-3)11(14)8-10/h4-5,8,15H,6-7,9H2,1-3H3,(H,16,18). The van der Waals surface area contributed by atoms with Gasteiger partial charge in [-0.3, -0.25) is 9.69 Å². The highest BCUT2D eigenvalue weighted by molar-refractivity contribution is 6.32. The molecule has 0 spiro atoms. The number of carbonyl (C=O) groups is 1. The first-order valence-electron chi connectivity index (χ1n) is 6.03. The Morgan fingerprint density at radius 1 is 1.47 bits per heavy atom. The number of ether oxygens (including phenoxy) is 1. The molecule has 0 aliphatic rings. The second kappa shape index (κ2) is 7.99. The molecule has 6 heteroatoms. The van der Waals surface area contributed by atoms with Crippen LogP contribution in [0.2, 0.25) is 5.02 Å². The van der Waals surface area contributed by atoms with Crippen LogP contribution in [0.25, 0.3) is 0 Å². The zero-order chi connectivity index (χ0) is 14.3. The number of nitrogens with one attached hydrogen (secondary N) is 2. The minimum Gasteiger partial charge on any atom is -0.495 e. The summed E-state index contributed by atoms with van der Waals surface area (Å²) >= 11 is 5.99. The Morgan fingerprint density at radius 2 is 2.21 bits per heavy atom. The van der Waals surface area contributed by atoms with Crippen molar-refractivity contribution in [3.63, 3.8) is 0 Å². The molecular weight excluding hydrogens is 266 g/mol. The third kappa shape index (κ3) is 5.46. The average Bonchev–Trinajstić information content (AvgIpc) is 2.36. The second-order valence-electron chi connectivity index (χ2n) is 4.24. The summed E-state index contributed by atoms with van der Waals surface area (Å²) in [7, 11) is 5.33. The second-order valence-corrected chi connectivity index (χ2v) is 4.65. The number of hydrogen-bond acceptors (Lipinski definition) is 4. The summed E-state index contributed by atoms with van der Waals surface area (Å²) in [6.45, 7) is 2.00. The number of halogens is 1. The van der Waals surface area contributed by atoms with E-state index in [2.05, 4.69) is 10.6 Å². The molecule has 1 rings (SSSR count). The van der Waals surface area contributed by atoms with Gasteiger partial charge < -0.3 is 15.4 Å². The molecule has 0 saturated heterocycles. The van der Waals surface area contributed by atoms with E-state index in [1.54, 1.807) is 25.3 Å². The third-order valence-corrected chi connectivity index (χ3v) is 2.89. The van der Waals surface area contributed by atoms with E-state index < -0.39 is 0 Å². The van der Waals surface area contributed by atoms with Gasteiger partial charge in [-0.15, -0.1) is 0 Å². The van der Waals surface area contributed by atoms with Crippen LogP contribution < -0.4 is 15.4 Å². The minimum atomic E-state index is -0.0696. The molecule has 0 unspecified atom stereocenters. The molecule has 0 atom stereocenters. The van der Waals surface area contributed by atoms with Crippen LogP contribution in [0, 0.1) is 0 Å². The monoisotopic (exact) mass is 285 g/mol. The summed E-state index contributed by atoms with van der Waals surface area (Å²) < 4.78 is 5.05. The van der Waals surface area contributed by atoms with Crippen LogP contribution in [0.15, 0.2) is 18.2 Å². The van der Waals surface area contributed by atoms with Crippen LogP contribution in [0.1, 0.15) is 0 Å². The van der Waals surface area contributed by atoms with Gasteiger partial charge >= 0.3 is 0 Å². The van der Waals surface area contributed by atoms with Crippen LogP contribution >= 0.6 is 11.6 Å². The number of benzene rings is 1. The number of carbonyl (C=O) groups excluding carboxylic acids is 1. The number of anilines is 1. The summed E-state index contributed by atoms with van der Waals surface area (Å²) in [6, 6.07) is 5.16.